The number of methoxy groups -OCH3 is 2. The molecule has 6 nitrogen and oxygen atoms in total. The third-order valence-corrected chi connectivity index (χ3v) is 3.76. The van der Waals surface area contributed by atoms with E-state index in [1.54, 1.807) is 14.2 Å². The van der Waals surface area contributed by atoms with E-state index in [2.05, 4.69) is 11.9 Å². The van der Waals surface area contributed by atoms with Crippen LogP contribution in [0.3, 0.4) is 0 Å². The Morgan fingerprint density at radius 2 is 1.91 bits per heavy atom. The lowest BCUT2D eigenvalue weighted by Gasteiger charge is -2.39. The second-order valence-corrected chi connectivity index (χ2v) is 5.41. The molecule has 1 heterocycles. The second-order valence-electron chi connectivity index (χ2n) is 5.41. The summed E-state index contributed by atoms with van der Waals surface area (Å²) in [6.07, 6.45) is -0.0552. The Balaban J connectivity index is 1.77. The molecule has 2 rings (SSSR count). The van der Waals surface area contributed by atoms with Crippen molar-refractivity contribution >= 4 is 11.6 Å². The smallest absolute Gasteiger partial charge is 0.195 e. The lowest BCUT2D eigenvalue weighted by atomic mass is 9.94. The molecular weight excluding hydrogens is 298 g/mol. The van der Waals surface area contributed by atoms with Crippen LogP contribution in [0.4, 0.5) is 5.69 Å². The van der Waals surface area contributed by atoms with Crippen LogP contribution >= 0.6 is 0 Å². The fraction of sp³-hybridized carbons (Fsp3) is 0.588. The van der Waals surface area contributed by atoms with Crippen LogP contribution in [0.15, 0.2) is 29.3 Å². The molecule has 1 aliphatic rings. The van der Waals surface area contributed by atoms with Crippen molar-refractivity contribution < 1.29 is 23.7 Å². The first-order valence-corrected chi connectivity index (χ1v) is 7.73. The van der Waals surface area contributed by atoms with Crippen molar-refractivity contribution in [2.45, 2.75) is 26.1 Å². The van der Waals surface area contributed by atoms with Gasteiger partial charge in [-0.05, 0) is 31.2 Å². The van der Waals surface area contributed by atoms with Crippen molar-refractivity contribution in [3.8, 4) is 5.75 Å². The Morgan fingerprint density at radius 3 is 2.52 bits per heavy atom. The van der Waals surface area contributed by atoms with Crippen molar-refractivity contribution in [3.63, 3.8) is 0 Å². The Labute approximate surface area is 137 Å². The third kappa shape index (κ3) is 4.92. The number of hydrogen-bond acceptors (Lipinski definition) is 6. The summed E-state index contributed by atoms with van der Waals surface area (Å²) < 4.78 is 26.7. The SMILES string of the molecule is COCCOCO[C@@H](C)[C@H]1OC(=Nc2ccc(OC)cc2)[C@@H]1C. The van der Waals surface area contributed by atoms with Crippen molar-refractivity contribution in [1.82, 2.24) is 0 Å². The summed E-state index contributed by atoms with van der Waals surface area (Å²) >= 11 is 0. The largest absolute Gasteiger partial charge is 0.497 e. The first kappa shape index (κ1) is 17.7. The number of hydrogen-bond donors (Lipinski definition) is 0. The predicted molar refractivity (Wildman–Crippen MR) is 87.4 cm³/mol. The minimum atomic E-state index is -0.0534. The van der Waals surface area contributed by atoms with Gasteiger partial charge in [-0.15, -0.1) is 0 Å². The fourth-order valence-electron chi connectivity index (χ4n) is 2.28. The maximum atomic E-state index is 5.77. The zero-order valence-corrected chi connectivity index (χ0v) is 14.2. The van der Waals surface area contributed by atoms with Gasteiger partial charge in [0, 0.05) is 7.11 Å². The highest BCUT2D eigenvalue weighted by Gasteiger charge is 2.40. The molecule has 0 spiro atoms. The van der Waals surface area contributed by atoms with E-state index in [0.717, 1.165) is 17.3 Å². The molecule has 3 atom stereocenters. The molecule has 6 heteroatoms. The van der Waals surface area contributed by atoms with Crippen LogP contribution in [0.1, 0.15) is 13.8 Å². The number of benzene rings is 1. The van der Waals surface area contributed by atoms with Gasteiger partial charge in [0.25, 0.3) is 0 Å². The van der Waals surface area contributed by atoms with Gasteiger partial charge in [-0.2, -0.15) is 0 Å². The average molecular weight is 323 g/mol. The molecule has 23 heavy (non-hydrogen) atoms. The number of rotatable bonds is 9. The highest BCUT2D eigenvalue weighted by Crippen LogP contribution is 2.30. The molecule has 1 aromatic carbocycles. The topological polar surface area (TPSA) is 58.5 Å². The Hall–Kier alpha value is -1.63. The number of nitrogens with zero attached hydrogens (tertiary/aromatic N) is 1. The van der Waals surface area contributed by atoms with E-state index in [1.807, 2.05) is 31.2 Å². The van der Waals surface area contributed by atoms with Gasteiger partial charge >= 0.3 is 0 Å². The highest BCUT2D eigenvalue weighted by atomic mass is 16.7. The Bertz CT molecular complexity index is 502. The van der Waals surface area contributed by atoms with E-state index in [1.165, 1.54) is 0 Å². The van der Waals surface area contributed by atoms with Crippen LogP contribution in [0, 0.1) is 5.92 Å². The maximum absolute atomic E-state index is 5.77. The van der Waals surface area contributed by atoms with Gasteiger partial charge < -0.3 is 23.7 Å². The van der Waals surface area contributed by atoms with Crippen LogP contribution in [0.25, 0.3) is 0 Å². The molecule has 0 aliphatic carbocycles. The van der Waals surface area contributed by atoms with Crippen molar-refractivity contribution in [1.29, 1.82) is 0 Å². The predicted octanol–water partition coefficient (Wildman–Crippen LogP) is 2.79. The molecule has 128 valence electrons. The monoisotopic (exact) mass is 323 g/mol. The van der Waals surface area contributed by atoms with Gasteiger partial charge in [0.05, 0.1) is 38.0 Å². The van der Waals surface area contributed by atoms with Crippen molar-refractivity contribution in [2.24, 2.45) is 10.9 Å². The molecule has 0 bridgehead atoms. The number of ether oxygens (including phenoxy) is 5. The third-order valence-electron chi connectivity index (χ3n) is 3.76. The fourth-order valence-corrected chi connectivity index (χ4v) is 2.28. The average Bonchev–Trinajstić information content (AvgIpc) is 2.58. The second kappa shape index (κ2) is 8.86. The van der Waals surface area contributed by atoms with E-state index < -0.39 is 0 Å². The lowest BCUT2D eigenvalue weighted by molar-refractivity contribution is -0.139. The molecule has 0 radical (unpaired) electrons. The van der Waals surface area contributed by atoms with Crippen LogP contribution in [0.2, 0.25) is 0 Å². The summed E-state index contributed by atoms with van der Waals surface area (Å²) in [5.41, 5.74) is 0.850. The Morgan fingerprint density at radius 1 is 1.17 bits per heavy atom. The standard InChI is InChI=1S/C17H25NO5/c1-12-16(13(2)22-11-21-10-9-19-3)23-17(12)18-14-5-7-15(20-4)8-6-14/h5-8,12-13,16H,9-11H2,1-4H3/t12-,13+,16+/m1/s1. The molecule has 0 aromatic heterocycles. The lowest BCUT2D eigenvalue weighted by Crippen LogP contribution is -2.50. The molecule has 0 saturated carbocycles. The van der Waals surface area contributed by atoms with Crippen LogP contribution in [-0.4, -0.2) is 52.3 Å². The zero-order valence-electron chi connectivity index (χ0n) is 14.2. The first-order chi connectivity index (χ1) is 11.2. The van der Waals surface area contributed by atoms with E-state index in [-0.39, 0.29) is 24.9 Å². The first-order valence-electron chi connectivity index (χ1n) is 7.73. The minimum Gasteiger partial charge on any atom is -0.497 e. The molecule has 0 unspecified atom stereocenters. The number of aliphatic imine (C=N–C) groups is 1. The van der Waals surface area contributed by atoms with Crippen molar-refractivity contribution in [3.05, 3.63) is 24.3 Å². The maximum Gasteiger partial charge on any atom is 0.195 e. The molecule has 1 fully saturated rings. The van der Waals surface area contributed by atoms with Crippen LogP contribution in [0.5, 0.6) is 5.75 Å². The molecule has 0 N–H and O–H groups in total. The van der Waals surface area contributed by atoms with Crippen LogP contribution in [-0.2, 0) is 18.9 Å². The van der Waals surface area contributed by atoms with Gasteiger partial charge in [0.15, 0.2) is 5.90 Å². The van der Waals surface area contributed by atoms with Gasteiger partial charge in [-0.1, -0.05) is 6.92 Å². The molecule has 1 aromatic rings. The van der Waals surface area contributed by atoms with Gasteiger partial charge in [-0.25, -0.2) is 4.99 Å². The van der Waals surface area contributed by atoms with Gasteiger partial charge in [0.2, 0.25) is 0 Å². The normalized spacial score (nSPS) is 23.2. The van der Waals surface area contributed by atoms with Gasteiger partial charge in [-0.3, -0.25) is 0 Å². The van der Waals surface area contributed by atoms with E-state index in [4.69, 9.17) is 23.7 Å². The minimum absolute atomic E-state index is 0.00183. The molecule has 0 amide bonds. The highest BCUT2D eigenvalue weighted by molar-refractivity contribution is 5.86. The molecule has 1 aliphatic heterocycles. The van der Waals surface area contributed by atoms with E-state index in [9.17, 15) is 0 Å². The van der Waals surface area contributed by atoms with E-state index >= 15 is 0 Å². The zero-order chi connectivity index (χ0) is 16.7. The van der Waals surface area contributed by atoms with Gasteiger partial charge in [0.1, 0.15) is 18.6 Å². The summed E-state index contributed by atoms with van der Waals surface area (Å²) in [6, 6.07) is 7.56. The summed E-state index contributed by atoms with van der Waals surface area (Å²) in [5, 5.41) is 0. The summed E-state index contributed by atoms with van der Waals surface area (Å²) in [5.74, 6) is 1.76. The quantitative estimate of drug-likeness (QED) is 0.516. The summed E-state index contributed by atoms with van der Waals surface area (Å²) in [4.78, 5) is 4.51. The molecular formula is C17H25NO5. The Kier molecular flexibility index (Phi) is 6.83. The van der Waals surface area contributed by atoms with Crippen LogP contribution < -0.4 is 4.74 Å². The summed E-state index contributed by atoms with van der Waals surface area (Å²) in [7, 11) is 3.28. The van der Waals surface area contributed by atoms with E-state index in [0.29, 0.717) is 13.2 Å². The molecule has 1 saturated heterocycles. The van der Waals surface area contributed by atoms with Crippen molar-refractivity contribution in [2.75, 3.05) is 34.2 Å². The summed E-state index contributed by atoms with van der Waals surface area (Å²) in [6.45, 7) is 5.39.